The molecule has 0 atom stereocenters. The summed E-state index contributed by atoms with van der Waals surface area (Å²) < 4.78 is 24.0. The van der Waals surface area contributed by atoms with E-state index >= 15 is 0 Å². The maximum atomic E-state index is 12.4. The molecule has 1 N–H and O–H groups in total. The van der Waals surface area contributed by atoms with Gasteiger partial charge in [0.05, 0.1) is 20.0 Å². The number of benzene rings is 1. The van der Waals surface area contributed by atoms with Crippen LogP contribution in [0.4, 0.5) is 5.13 Å². The summed E-state index contributed by atoms with van der Waals surface area (Å²) in [6.07, 6.45) is 2.06. The van der Waals surface area contributed by atoms with Crippen molar-refractivity contribution in [2.75, 3.05) is 11.6 Å². The molecule has 5 nitrogen and oxygen atoms in total. The van der Waals surface area contributed by atoms with Gasteiger partial charge in [-0.3, -0.25) is 10.1 Å². The lowest BCUT2D eigenvalue weighted by molar-refractivity contribution is 0.103. The second-order valence-corrected chi connectivity index (χ2v) is 9.72. The van der Waals surface area contributed by atoms with E-state index in [1.165, 1.54) is 40.6 Å². The van der Waals surface area contributed by atoms with Crippen molar-refractivity contribution in [2.45, 2.75) is 25.2 Å². The largest absolute Gasteiger partial charge is 0.297 e. The molecule has 2 heterocycles. The highest BCUT2D eigenvalue weighted by Gasteiger charge is 2.15. The normalized spacial score (nSPS) is 11.8. The van der Waals surface area contributed by atoms with E-state index in [-0.39, 0.29) is 10.8 Å². The summed E-state index contributed by atoms with van der Waals surface area (Å²) in [5.41, 5.74) is 1.84. The fraction of sp³-hybridized carbons (Fsp3) is 0.250. The lowest BCUT2D eigenvalue weighted by Gasteiger charge is -1.97. The Morgan fingerprint density at radius 3 is 2.62 bits per heavy atom. The Labute approximate surface area is 148 Å². The highest BCUT2D eigenvalue weighted by Crippen LogP contribution is 2.29. The van der Waals surface area contributed by atoms with Crippen LogP contribution in [0.25, 0.3) is 10.2 Å². The molecule has 0 fully saturated rings. The number of carbonyl (C=O) groups is 1. The van der Waals surface area contributed by atoms with E-state index in [0.29, 0.717) is 15.5 Å². The minimum absolute atomic E-state index is 0.190. The first-order valence-electron chi connectivity index (χ1n) is 7.29. The van der Waals surface area contributed by atoms with E-state index in [1.54, 1.807) is 12.1 Å². The fourth-order valence-corrected chi connectivity index (χ4v) is 4.96. The Hall–Kier alpha value is -1.77. The van der Waals surface area contributed by atoms with Crippen LogP contribution in [0.2, 0.25) is 0 Å². The van der Waals surface area contributed by atoms with E-state index in [9.17, 15) is 13.2 Å². The molecule has 1 aromatic carbocycles. The first-order chi connectivity index (χ1) is 11.3. The van der Waals surface area contributed by atoms with Gasteiger partial charge >= 0.3 is 0 Å². The van der Waals surface area contributed by atoms with Crippen LogP contribution in [0.15, 0.2) is 29.2 Å². The molecule has 3 rings (SSSR count). The average molecular weight is 381 g/mol. The summed E-state index contributed by atoms with van der Waals surface area (Å²) in [7, 11) is -3.26. The smallest absolute Gasteiger partial charge is 0.267 e. The van der Waals surface area contributed by atoms with Crippen molar-refractivity contribution in [3.63, 3.8) is 0 Å². The number of anilines is 1. The van der Waals surface area contributed by atoms with E-state index in [2.05, 4.69) is 17.2 Å². The van der Waals surface area contributed by atoms with Gasteiger partial charge in [0.25, 0.3) is 5.91 Å². The first-order valence-corrected chi connectivity index (χ1v) is 10.8. The summed E-state index contributed by atoms with van der Waals surface area (Å²) in [5.74, 6) is -0.190. The van der Waals surface area contributed by atoms with Gasteiger partial charge in [-0.1, -0.05) is 18.3 Å². The number of hydrogen-bond donors (Lipinski definition) is 1. The van der Waals surface area contributed by atoms with Crippen molar-refractivity contribution in [1.29, 1.82) is 0 Å². The quantitative estimate of drug-likeness (QED) is 0.745. The molecule has 0 aliphatic heterocycles. The zero-order valence-corrected chi connectivity index (χ0v) is 15.9. The van der Waals surface area contributed by atoms with Gasteiger partial charge in [0.15, 0.2) is 15.0 Å². The van der Waals surface area contributed by atoms with Gasteiger partial charge in [-0.2, -0.15) is 0 Å². The van der Waals surface area contributed by atoms with Crippen molar-refractivity contribution in [3.8, 4) is 0 Å². The van der Waals surface area contributed by atoms with Crippen LogP contribution in [-0.4, -0.2) is 25.6 Å². The third-order valence-electron chi connectivity index (χ3n) is 3.63. The van der Waals surface area contributed by atoms with Crippen LogP contribution in [0.5, 0.6) is 0 Å². The third kappa shape index (κ3) is 3.35. The number of rotatable bonds is 4. The van der Waals surface area contributed by atoms with E-state index < -0.39 is 9.84 Å². The van der Waals surface area contributed by atoms with Gasteiger partial charge in [0, 0.05) is 11.1 Å². The molecule has 24 heavy (non-hydrogen) atoms. The van der Waals surface area contributed by atoms with Crippen molar-refractivity contribution in [1.82, 2.24) is 4.98 Å². The summed E-state index contributed by atoms with van der Waals surface area (Å²) in [6, 6.07) is 6.67. The maximum Gasteiger partial charge on any atom is 0.267 e. The summed E-state index contributed by atoms with van der Waals surface area (Å²) in [6.45, 7) is 4.06. The molecule has 0 radical (unpaired) electrons. The molecule has 0 bridgehead atoms. The predicted molar refractivity (Wildman–Crippen MR) is 99.1 cm³/mol. The van der Waals surface area contributed by atoms with Crippen LogP contribution < -0.4 is 5.32 Å². The van der Waals surface area contributed by atoms with Crippen LogP contribution in [0, 0.1) is 6.92 Å². The second kappa shape index (κ2) is 6.27. The first kappa shape index (κ1) is 17.1. The van der Waals surface area contributed by atoms with Crippen LogP contribution in [0.3, 0.4) is 0 Å². The van der Waals surface area contributed by atoms with Crippen LogP contribution in [0.1, 0.15) is 27.0 Å². The third-order valence-corrected chi connectivity index (χ3v) is 6.77. The number of hydrogen-bond acceptors (Lipinski definition) is 6. The summed E-state index contributed by atoms with van der Waals surface area (Å²) in [5, 5.41) is 3.26. The molecule has 126 valence electrons. The number of nitrogens with one attached hydrogen (secondary N) is 1. The summed E-state index contributed by atoms with van der Waals surface area (Å²) >= 11 is 2.73. The highest BCUT2D eigenvalue weighted by molar-refractivity contribution is 7.90. The molecular formula is C16H16N2O3S3. The van der Waals surface area contributed by atoms with Crippen molar-refractivity contribution >= 4 is 53.8 Å². The number of thiophene rings is 1. The summed E-state index contributed by atoms with van der Waals surface area (Å²) in [4.78, 5) is 18.8. The standard InChI is InChI=1S/C16H16N2O3S3/c1-4-10-7-14(22-9(10)2)15(19)18-16-17-12-6-5-11(24(3,20)21)8-13(12)23-16/h5-8H,4H2,1-3H3,(H,17,18,19). The zero-order chi connectivity index (χ0) is 17.5. The van der Waals surface area contributed by atoms with Gasteiger partial charge in [-0.05, 0) is 43.2 Å². The number of thiazole rings is 1. The van der Waals surface area contributed by atoms with E-state index in [4.69, 9.17) is 0 Å². The zero-order valence-electron chi connectivity index (χ0n) is 13.4. The van der Waals surface area contributed by atoms with Crippen LogP contribution in [-0.2, 0) is 16.3 Å². The minimum Gasteiger partial charge on any atom is -0.297 e. The van der Waals surface area contributed by atoms with E-state index in [0.717, 1.165) is 16.0 Å². The number of carbonyl (C=O) groups excluding carboxylic acids is 1. The number of amides is 1. The molecule has 1 amide bonds. The molecule has 8 heteroatoms. The molecule has 0 spiro atoms. The molecule has 0 unspecified atom stereocenters. The lowest BCUT2D eigenvalue weighted by atomic mass is 10.2. The lowest BCUT2D eigenvalue weighted by Crippen LogP contribution is -2.09. The molecule has 0 saturated carbocycles. The van der Waals surface area contributed by atoms with Crippen molar-refractivity contribution in [2.24, 2.45) is 0 Å². The molecule has 2 aromatic heterocycles. The van der Waals surface area contributed by atoms with Gasteiger partial charge in [-0.15, -0.1) is 11.3 Å². The van der Waals surface area contributed by atoms with E-state index in [1.807, 2.05) is 13.0 Å². The van der Waals surface area contributed by atoms with Crippen LogP contribution >= 0.6 is 22.7 Å². The van der Waals surface area contributed by atoms with Gasteiger partial charge in [-0.25, -0.2) is 13.4 Å². The SMILES string of the molecule is CCc1cc(C(=O)Nc2nc3ccc(S(C)(=O)=O)cc3s2)sc1C. The fourth-order valence-electron chi connectivity index (χ4n) is 2.33. The molecule has 0 aliphatic rings. The predicted octanol–water partition coefficient (Wildman–Crippen LogP) is 3.88. The Morgan fingerprint density at radius 2 is 2.00 bits per heavy atom. The van der Waals surface area contributed by atoms with Gasteiger partial charge in [0.2, 0.25) is 0 Å². The Balaban J connectivity index is 1.88. The second-order valence-electron chi connectivity index (χ2n) is 5.42. The Bertz CT molecular complexity index is 1030. The van der Waals surface area contributed by atoms with Crippen molar-refractivity contribution in [3.05, 3.63) is 39.6 Å². The maximum absolute atomic E-state index is 12.4. The number of nitrogens with zero attached hydrogens (tertiary/aromatic N) is 1. The minimum atomic E-state index is -3.26. The number of aryl methyl sites for hydroxylation is 2. The topological polar surface area (TPSA) is 76.1 Å². The Morgan fingerprint density at radius 1 is 1.25 bits per heavy atom. The average Bonchev–Trinajstić information content (AvgIpc) is 3.07. The molecule has 0 saturated heterocycles. The highest BCUT2D eigenvalue weighted by atomic mass is 32.2. The monoisotopic (exact) mass is 380 g/mol. The molecular weight excluding hydrogens is 364 g/mol. The molecule has 3 aromatic rings. The number of fused-ring (bicyclic) bond motifs is 1. The number of sulfone groups is 1. The van der Waals surface area contributed by atoms with Crippen molar-refractivity contribution < 1.29 is 13.2 Å². The van der Waals surface area contributed by atoms with Gasteiger partial charge < -0.3 is 0 Å². The Kier molecular flexibility index (Phi) is 4.46. The number of aromatic nitrogens is 1. The van der Waals surface area contributed by atoms with Gasteiger partial charge in [0.1, 0.15) is 0 Å². The molecule has 0 aliphatic carbocycles.